The minimum atomic E-state index is -1.62. The molecule has 2 amide bonds. The van der Waals surface area contributed by atoms with Crippen LogP contribution in [0.3, 0.4) is 0 Å². The summed E-state index contributed by atoms with van der Waals surface area (Å²) in [6.45, 7) is 0. The van der Waals surface area contributed by atoms with Crippen LogP contribution in [0.2, 0.25) is 0 Å². The third kappa shape index (κ3) is 11.3. The molecule has 0 radical (unpaired) electrons. The maximum Gasteiger partial charge on any atom is 0.511 e. The van der Waals surface area contributed by atoms with Crippen LogP contribution in [-0.4, -0.2) is 56.9 Å². The Morgan fingerprint density at radius 2 is 0.661 bits per heavy atom. The van der Waals surface area contributed by atoms with Crippen LogP contribution in [0.25, 0.3) is 22.3 Å². The maximum atomic E-state index is 12.7. The van der Waals surface area contributed by atoms with E-state index in [2.05, 4.69) is 20.1 Å². The van der Waals surface area contributed by atoms with Crippen LogP contribution in [0.1, 0.15) is 20.7 Å². The molecule has 20 nitrogen and oxygen atoms in total. The molecule has 0 saturated heterocycles. The van der Waals surface area contributed by atoms with Gasteiger partial charge in [0.25, 0.3) is 11.8 Å². The van der Waals surface area contributed by atoms with Crippen molar-refractivity contribution in [3.63, 3.8) is 0 Å². The molecule has 0 spiro atoms. The van der Waals surface area contributed by atoms with Crippen LogP contribution < -0.4 is 52.5 Å². The second-order valence-corrected chi connectivity index (χ2v) is 12.5. The summed E-state index contributed by atoms with van der Waals surface area (Å²) in [7, 11) is 0. The monoisotopic (exact) mass is 846 g/mol. The highest BCUT2D eigenvalue weighted by Crippen LogP contribution is 2.37. The highest BCUT2D eigenvalue weighted by molar-refractivity contribution is 6.09. The second kappa shape index (κ2) is 19.3. The van der Waals surface area contributed by atoms with E-state index in [0.29, 0.717) is 22.3 Å². The molecular weight excluding hydrogens is 812 g/mol. The Hall–Kier alpha value is -9.46. The Balaban J connectivity index is 0.000000278. The average Bonchev–Trinajstić information content (AvgIpc) is 3.20. The molecule has 14 N–H and O–H groups in total. The van der Waals surface area contributed by atoms with Crippen molar-refractivity contribution in [2.24, 2.45) is 0 Å². The molecule has 6 aromatic carbocycles. The van der Waals surface area contributed by atoms with Gasteiger partial charge in [0.1, 0.15) is 0 Å². The first-order chi connectivity index (χ1) is 29.5. The molecule has 0 aliphatic carbocycles. The number of carbonyl (C=O) groups excluding carboxylic acids is 2. The van der Waals surface area contributed by atoms with Crippen LogP contribution in [0, 0.1) is 0 Å². The molecule has 6 rings (SSSR count). The molecule has 6 aromatic rings. The van der Waals surface area contributed by atoms with Gasteiger partial charge in [0.15, 0.2) is 23.0 Å². The molecule has 0 aromatic heterocycles. The van der Waals surface area contributed by atoms with Gasteiger partial charge in [-0.2, -0.15) is 0 Å². The topological polar surface area (TPSA) is 348 Å². The maximum absolute atomic E-state index is 12.7. The zero-order chi connectivity index (χ0) is 45.1. The zero-order valence-electron chi connectivity index (χ0n) is 31.7. The molecular formula is C42H34N6O14. The lowest BCUT2D eigenvalue weighted by molar-refractivity contribution is 0.101. The van der Waals surface area contributed by atoms with Crippen molar-refractivity contribution >= 4 is 70.6 Å². The summed E-state index contributed by atoms with van der Waals surface area (Å²) in [6, 6.07) is 30.3. The van der Waals surface area contributed by atoms with Crippen LogP contribution in [-0.2, 0) is 0 Å². The van der Waals surface area contributed by atoms with Gasteiger partial charge < -0.3 is 72.9 Å². The molecule has 0 aliphatic heterocycles. The van der Waals surface area contributed by atoms with E-state index in [1.54, 1.807) is 60.7 Å². The SMILES string of the molecule is Nc1ccc(-c2ccc(N)c(OC(=O)O)c2)cc1OC(=O)O.Nc1ccccc1C(=O)Nc1ccc(-c2ccc(NC(=O)c3ccccc3N)c(OC(=O)O)c2)cc1OC(=O)O. The lowest BCUT2D eigenvalue weighted by Crippen LogP contribution is -2.16. The Labute approximate surface area is 349 Å². The third-order valence-electron chi connectivity index (χ3n) is 8.35. The van der Waals surface area contributed by atoms with E-state index in [9.17, 15) is 39.0 Å². The summed E-state index contributed by atoms with van der Waals surface area (Å²) in [5.74, 6) is -1.63. The van der Waals surface area contributed by atoms with E-state index in [4.69, 9.17) is 42.6 Å². The molecule has 0 saturated carbocycles. The minimum absolute atomic E-state index is 0.0254. The predicted molar refractivity (Wildman–Crippen MR) is 225 cm³/mol. The number of ether oxygens (including phenoxy) is 4. The van der Waals surface area contributed by atoms with Gasteiger partial charge in [-0.25, -0.2) is 19.2 Å². The average molecular weight is 847 g/mol. The van der Waals surface area contributed by atoms with Crippen LogP contribution in [0.5, 0.6) is 23.0 Å². The van der Waals surface area contributed by atoms with E-state index in [1.165, 1.54) is 60.7 Å². The number of amides is 2. The summed E-state index contributed by atoms with van der Waals surface area (Å²) in [6.07, 6.45) is -6.23. The Morgan fingerprint density at radius 3 is 0.984 bits per heavy atom. The molecule has 0 unspecified atom stereocenters. The van der Waals surface area contributed by atoms with Crippen LogP contribution >= 0.6 is 0 Å². The van der Waals surface area contributed by atoms with Crippen LogP contribution in [0.15, 0.2) is 121 Å². The van der Waals surface area contributed by atoms with Crippen molar-refractivity contribution < 1.29 is 68.1 Å². The summed E-state index contributed by atoms with van der Waals surface area (Å²) in [5.41, 5.74) is 26.1. The van der Waals surface area contributed by atoms with Gasteiger partial charge in [0, 0.05) is 11.4 Å². The van der Waals surface area contributed by atoms with E-state index in [-0.39, 0.29) is 68.2 Å². The number of para-hydroxylation sites is 2. The number of anilines is 6. The lowest BCUT2D eigenvalue weighted by Gasteiger charge is -2.15. The number of carboxylic acid groups (broad SMARTS) is 4. The number of hydrogen-bond donors (Lipinski definition) is 10. The smallest absolute Gasteiger partial charge is 0.449 e. The Morgan fingerprint density at radius 1 is 0.371 bits per heavy atom. The van der Waals surface area contributed by atoms with Crippen molar-refractivity contribution in [1.29, 1.82) is 0 Å². The fourth-order valence-corrected chi connectivity index (χ4v) is 5.55. The van der Waals surface area contributed by atoms with E-state index < -0.39 is 36.4 Å². The van der Waals surface area contributed by atoms with E-state index in [1.807, 2.05) is 0 Å². The number of nitrogens with one attached hydrogen (secondary N) is 2. The minimum Gasteiger partial charge on any atom is -0.449 e. The molecule has 20 heteroatoms. The predicted octanol–water partition coefficient (Wildman–Crippen LogP) is 7.77. The fraction of sp³-hybridized carbons (Fsp3) is 0. The number of nitrogens with two attached hydrogens (primary N) is 4. The molecule has 62 heavy (non-hydrogen) atoms. The molecule has 0 fully saturated rings. The summed E-state index contributed by atoms with van der Waals surface area (Å²) in [5, 5.41) is 40.9. The molecule has 0 heterocycles. The number of carbonyl (C=O) groups is 6. The summed E-state index contributed by atoms with van der Waals surface area (Å²) >= 11 is 0. The molecule has 316 valence electrons. The van der Waals surface area contributed by atoms with Gasteiger partial charge in [0.05, 0.1) is 33.9 Å². The molecule has 0 bridgehead atoms. The van der Waals surface area contributed by atoms with E-state index in [0.717, 1.165) is 0 Å². The van der Waals surface area contributed by atoms with Gasteiger partial charge in [-0.1, -0.05) is 48.5 Å². The molecule has 0 atom stereocenters. The largest absolute Gasteiger partial charge is 0.511 e. The van der Waals surface area contributed by atoms with Crippen molar-refractivity contribution in [2.45, 2.75) is 0 Å². The fourth-order valence-electron chi connectivity index (χ4n) is 5.55. The number of nitrogen functional groups attached to an aromatic ring is 4. The summed E-state index contributed by atoms with van der Waals surface area (Å²) < 4.78 is 18.9. The van der Waals surface area contributed by atoms with Crippen molar-refractivity contribution in [3.05, 3.63) is 132 Å². The van der Waals surface area contributed by atoms with Crippen molar-refractivity contribution in [3.8, 4) is 45.3 Å². The highest BCUT2D eigenvalue weighted by atomic mass is 16.7. The summed E-state index contributed by atoms with van der Waals surface area (Å²) in [4.78, 5) is 69.4. The van der Waals surface area contributed by atoms with Gasteiger partial charge in [-0.05, 0) is 95.1 Å². The highest BCUT2D eigenvalue weighted by Gasteiger charge is 2.19. The Bertz CT molecular complexity index is 2540. The normalized spacial score (nSPS) is 10.2. The molecule has 0 aliphatic rings. The van der Waals surface area contributed by atoms with Gasteiger partial charge >= 0.3 is 24.6 Å². The van der Waals surface area contributed by atoms with Crippen LogP contribution in [0.4, 0.5) is 53.3 Å². The van der Waals surface area contributed by atoms with Gasteiger partial charge in [-0.3, -0.25) is 9.59 Å². The zero-order valence-corrected chi connectivity index (χ0v) is 31.7. The quantitative estimate of drug-likeness (QED) is 0.0357. The third-order valence-corrected chi connectivity index (χ3v) is 8.35. The van der Waals surface area contributed by atoms with Gasteiger partial charge in [0.2, 0.25) is 0 Å². The standard InChI is InChI=1S/C28H22N4O8.C14H12N2O6/c29-19-7-3-1-5-17(19)25(33)31-21-11-9-15(13-23(21)39-27(35)36)16-10-12-22(24(14-16)40-28(37)38)32-26(34)18-6-2-4-8-20(18)30;15-9-3-1-7(5-11(9)21-13(17)18)8-2-4-10(16)12(6-8)22-14(19)20/h1-14H,29-30H2,(H,31,33)(H,32,34)(H,35,36)(H,37,38);1-6H,15-16H2,(H,17,18)(H,19,20). The Kier molecular flexibility index (Phi) is 13.6. The number of rotatable bonds is 10. The lowest BCUT2D eigenvalue weighted by atomic mass is 10.0. The number of benzene rings is 6. The number of hydrogen-bond acceptors (Lipinski definition) is 14. The van der Waals surface area contributed by atoms with Crippen molar-refractivity contribution in [2.75, 3.05) is 33.6 Å². The first kappa shape index (κ1) is 43.7. The van der Waals surface area contributed by atoms with Crippen molar-refractivity contribution in [1.82, 2.24) is 0 Å². The second-order valence-electron chi connectivity index (χ2n) is 12.5. The first-order valence-corrected chi connectivity index (χ1v) is 17.5. The van der Waals surface area contributed by atoms with E-state index >= 15 is 0 Å². The van der Waals surface area contributed by atoms with Gasteiger partial charge in [-0.15, -0.1) is 0 Å². The first-order valence-electron chi connectivity index (χ1n) is 17.5.